The second-order valence-corrected chi connectivity index (χ2v) is 7.07. The maximum absolute atomic E-state index is 14.0. The number of guanidine groups is 1. The maximum atomic E-state index is 14.0. The van der Waals surface area contributed by atoms with Crippen molar-refractivity contribution in [2.24, 2.45) is 10.4 Å². The van der Waals surface area contributed by atoms with E-state index < -0.39 is 5.41 Å². The van der Waals surface area contributed by atoms with Crippen molar-refractivity contribution in [1.82, 2.24) is 15.5 Å². The molecule has 0 spiro atoms. The molecule has 1 amide bonds. The van der Waals surface area contributed by atoms with E-state index in [-0.39, 0.29) is 11.7 Å². The van der Waals surface area contributed by atoms with Crippen molar-refractivity contribution < 1.29 is 9.18 Å². The van der Waals surface area contributed by atoms with Gasteiger partial charge in [-0.2, -0.15) is 0 Å². The molecule has 1 heterocycles. The molecule has 0 aliphatic carbocycles. The first-order chi connectivity index (χ1) is 12.4. The molecule has 1 saturated heterocycles. The molecule has 0 aromatic heterocycles. The lowest BCUT2D eigenvalue weighted by molar-refractivity contribution is -0.128. The van der Waals surface area contributed by atoms with Crippen molar-refractivity contribution in [3.63, 3.8) is 0 Å². The zero-order valence-electron chi connectivity index (χ0n) is 16.2. The number of hydrogen-bond acceptors (Lipinski definition) is 3. The Balaban J connectivity index is 1.91. The lowest BCUT2D eigenvalue weighted by Crippen LogP contribution is -2.54. The molecule has 26 heavy (non-hydrogen) atoms. The molecule has 1 aromatic rings. The second-order valence-electron chi connectivity index (χ2n) is 7.07. The maximum Gasteiger partial charge on any atom is 0.227 e. The van der Waals surface area contributed by atoms with Crippen LogP contribution < -0.4 is 15.5 Å². The van der Waals surface area contributed by atoms with Gasteiger partial charge in [0, 0.05) is 46.3 Å². The predicted octanol–water partition coefficient (Wildman–Crippen LogP) is 1.69. The molecular weight excluding hydrogens is 333 g/mol. The summed E-state index contributed by atoms with van der Waals surface area (Å²) in [5.74, 6) is 0.607. The van der Waals surface area contributed by atoms with Crippen LogP contribution in [0.2, 0.25) is 0 Å². The number of piperazine rings is 1. The Morgan fingerprint density at radius 2 is 1.85 bits per heavy atom. The van der Waals surface area contributed by atoms with Gasteiger partial charge in [0.25, 0.3) is 0 Å². The van der Waals surface area contributed by atoms with E-state index in [2.05, 4.69) is 25.4 Å². The number of halogens is 1. The first-order valence-corrected chi connectivity index (χ1v) is 9.12. The molecule has 1 aromatic carbocycles. The SMILES string of the molecule is CCNC(=O)C(C)(C)CNC(=NC)N1CCN(c2ccccc2F)CC1. The summed E-state index contributed by atoms with van der Waals surface area (Å²) < 4.78 is 14.0. The predicted molar refractivity (Wildman–Crippen MR) is 104 cm³/mol. The Hall–Kier alpha value is -2.31. The smallest absolute Gasteiger partial charge is 0.227 e. The third-order valence-electron chi connectivity index (χ3n) is 4.62. The zero-order valence-corrected chi connectivity index (χ0v) is 16.2. The summed E-state index contributed by atoms with van der Waals surface area (Å²) in [5.41, 5.74) is 0.119. The number of hydrogen-bond donors (Lipinski definition) is 2. The van der Waals surface area contributed by atoms with Crippen LogP contribution in [0.4, 0.5) is 10.1 Å². The minimum Gasteiger partial charge on any atom is -0.366 e. The number of carbonyl (C=O) groups is 1. The summed E-state index contributed by atoms with van der Waals surface area (Å²) in [6.45, 7) is 9.79. The Bertz CT molecular complexity index is 639. The molecule has 0 atom stereocenters. The van der Waals surface area contributed by atoms with Gasteiger partial charge < -0.3 is 20.4 Å². The minimum atomic E-state index is -0.527. The van der Waals surface area contributed by atoms with Crippen LogP contribution in [0.1, 0.15) is 20.8 Å². The van der Waals surface area contributed by atoms with Gasteiger partial charge in [-0.3, -0.25) is 9.79 Å². The molecule has 2 rings (SSSR count). The van der Waals surface area contributed by atoms with Crippen LogP contribution in [0.25, 0.3) is 0 Å². The Labute approximate surface area is 155 Å². The highest BCUT2D eigenvalue weighted by atomic mass is 19.1. The van der Waals surface area contributed by atoms with E-state index in [1.54, 1.807) is 13.1 Å². The Morgan fingerprint density at radius 1 is 1.19 bits per heavy atom. The highest BCUT2D eigenvalue weighted by Crippen LogP contribution is 2.20. The number of nitrogens with one attached hydrogen (secondary N) is 2. The van der Waals surface area contributed by atoms with E-state index in [1.165, 1.54) is 6.07 Å². The fourth-order valence-electron chi connectivity index (χ4n) is 2.98. The van der Waals surface area contributed by atoms with Crippen LogP contribution in [0, 0.1) is 11.2 Å². The van der Waals surface area contributed by atoms with Crippen LogP contribution in [0.5, 0.6) is 0 Å². The number of nitrogens with zero attached hydrogens (tertiary/aromatic N) is 3. The van der Waals surface area contributed by atoms with E-state index in [9.17, 15) is 9.18 Å². The Morgan fingerprint density at radius 3 is 2.42 bits per heavy atom. The van der Waals surface area contributed by atoms with Gasteiger partial charge in [0.15, 0.2) is 5.96 Å². The molecule has 1 aliphatic heterocycles. The van der Waals surface area contributed by atoms with Gasteiger partial charge in [0.2, 0.25) is 5.91 Å². The number of aliphatic imine (C=N–C) groups is 1. The molecule has 1 aliphatic rings. The highest BCUT2D eigenvalue weighted by Gasteiger charge is 2.28. The van der Waals surface area contributed by atoms with Crippen molar-refractivity contribution in [1.29, 1.82) is 0 Å². The fraction of sp³-hybridized carbons (Fsp3) is 0.579. The third-order valence-corrected chi connectivity index (χ3v) is 4.62. The van der Waals surface area contributed by atoms with Crippen molar-refractivity contribution >= 4 is 17.6 Å². The van der Waals surface area contributed by atoms with E-state index in [4.69, 9.17) is 0 Å². The van der Waals surface area contributed by atoms with E-state index in [0.717, 1.165) is 32.1 Å². The second kappa shape index (κ2) is 8.87. The summed E-state index contributed by atoms with van der Waals surface area (Å²) in [5, 5.41) is 6.17. The van der Waals surface area contributed by atoms with Crippen LogP contribution in [0.3, 0.4) is 0 Å². The molecular formula is C19H30FN5O. The lowest BCUT2D eigenvalue weighted by Gasteiger charge is -2.38. The van der Waals surface area contributed by atoms with E-state index in [0.29, 0.717) is 18.8 Å². The quantitative estimate of drug-likeness (QED) is 0.617. The van der Waals surface area contributed by atoms with Crippen LogP contribution in [-0.2, 0) is 4.79 Å². The molecule has 144 valence electrons. The van der Waals surface area contributed by atoms with Gasteiger partial charge in [-0.25, -0.2) is 4.39 Å². The summed E-state index contributed by atoms with van der Waals surface area (Å²) in [6.07, 6.45) is 0. The number of anilines is 1. The average Bonchev–Trinajstić information content (AvgIpc) is 2.63. The first-order valence-electron chi connectivity index (χ1n) is 9.12. The van der Waals surface area contributed by atoms with Gasteiger partial charge in [-0.15, -0.1) is 0 Å². The van der Waals surface area contributed by atoms with Crippen molar-refractivity contribution in [2.45, 2.75) is 20.8 Å². The van der Waals surface area contributed by atoms with Gasteiger partial charge >= 0.3 is 0 Å². The first kappa shape index (κ1) is 20.0. The van der Waals surface area contributed by atoms with Gasteiger partial charge in [0.05, 0.1) is 11.1 Å². The summed E-state index contributed by atoms with van der Waals surface area (Å²) >= 11 is 0. The van der Waals surface area contributed by atoms with Crippen molar-refractivity contribution in [3.8, 4) is 0 Å². The highest BCUT2D eigenvalue weighted by molar-refractivity contribution is 5.84. The molecule has 0 saturated carbocycles. The van der Waals surface area contributed by atoms with E-state index >= 15 is 0 Å². The molecule has 2 N–H and O–H groups in total. The van der Waals surface area contributed by atoms with Crippen molar-refractivity contribution in [3.05, 3.63) is 30.1 Å². The van der Waals surface area contributed by atoms with Gasteiger partial charge in [-0.05, 0) is 32.9 Å². The largest absolute Gasteiger partial charge is 0.366 e. The molecule has 1 fully saturated rings. The number of carbonyl (C=O) groups excluding carboxylic acids is 1. The van der Waals surface area contributed by atoms with Crippen LogP contribution in [0.15, 0.2) is 29.3 Å². The summed E-state index contributed by atoms with van der Waals surface area (Å²) in [6, 6.07) is 6.87. The monoisotopic (exact) mass is 363 g/mol. The number of rotatable bonds is 5. The number of benzene rings is 1. The van der Waals surface area contributed by atoms with Crippen molar-refractivity contribution in [2.75, 3.05) is 51.2 Å². The van der Waals surface area contributed by atoms with E-state index in [1.807, 2.05) is 32.9 Å². The summed E-state index contributed by atoms with van der Waals surface area (Å²) in [7, 11) is 1.74. The summed E-state index contributed by atoms with van der Waals surface area (Å²) in [4.78, 5) is 20.7. The molecule has 0 unspecified atom stereocenters. The number of amides is 1. The van der Waals surface area contributed by atoms with Crippen LogP contribution in [-0.4, -0.2) is 63.1 Å². The third kappa shape index (κ3) is 4.86. The average molecular weight is 363 g/mol. The van der Waals surface area contributed by atoms with Gasteiger partial charge in [0.1, 0.15) is 5.82 Å². The standard InChI is InChI=1S/C19H30FN5O/c1-5-22-17(26)19(2,3)14-23-18(21-4)25-12-10-24(11-13-25)16-9-7-6-8-15(16)20/h6-9H,5,10-14H2,1-4H3,(H,21,23)(H,22,26). The Kier molecular flexibility index (Phi) is 6.83. The molecule has 7 heteroatoms. The topological polar surface area (TPSA) is 60.0 Å². The lowest BCUT2D eigenvalue weighted by atomic mass is 9.92. The molecule has 0 radical (unpaired) electrons. The number of para-hydroxylation sites is 1. The minimum absolute atomic E-state index is 0.0207. The normalized spacial score (nSPS) is 15.8. The van der Waals surface area contributed by atoms with Crippen LogP contribution >= 0.6 is 0 Å². The fourth-order valence-corrected chi connectivity index (χ4v) is 2.98. The molecule has 6 nitrogen and oxygen atoms in total. The zero-order chi connectivity index (χ0) is 19.2. The van der Waals surface area contributed by atoms with Gasteiger partial charge in [-0.1, -0.05) is 12.1 Å². The molecule has 0 bridgehead atoms.